The quantitative estimate of drug-likeness (QED) is 0.743. The maximum absolute atomic E-state index is 5.60. The van der Waals surface area contributed by atoms with Gasteiger partial charge in [-0.05, 0) is 24.3 Å². The number of benzene rings is 1. The average molecular weight is 202 g/mol. The molecule has 0 amide bonds. The van der Waals surface area contributed by atoms with Crippen LogP contribution in [-0.4, -0.2) is 9.55 Å². The summed E-state index contributed by atoms with van der Waals surface area (Å²) in [5.41, 5.74) is 7.42. The van der Waals surface area contributed by atoms with E-state index in [0.717, 1.165) is 17.2 Å². The Morgan fingerprint density at radius 3 is 2.67 bits per heavy atom. The standard InChI is InChI=1S/C11H14N4/c1-15-7-6-13-11(15)8-14-10-4-2-9(12)3-5-10/h2-7,14H,8,12H2,1H3. The van der Waals surface area contributed by atoms with Crippen LogP contribution in [-0.2, 0) is 13.6 Å². The van der Waals surface area contributed by atoms with Crippen LogP contribution in [0.5, 0.6) is 0 Å². The number of aryl methyl sites for hydroxylation is 1. The zero-order chi connectivity index (χ0) is 10.7. The third kappa shape index (κ3) is 2.28. The van der Waals surface area contributed by atoms with Crippen LogP contribution in [0.25, 0.3) is 0 Å². The fraction of sp³-hybridized carbons (Fsp3) is 0.182. The van der Waals surface area contributed by atoms with Gasteiger partial charge in [0.2, 0.25) is 0 Å². The molecule has 0 aliphatic heterocycles. The summed E-state index contributed by atoms with van der Waals surface area (Å²) in [5.74, 6) is 1.01. The molecule has 4 nitrogen and oxygen atoms in total. The van der Waals surface area contributed by atoms with Crippen molar-refractivity contribution in [1.29, 1.82) is 0 Å². The highest BCUT2D eigenvalue weighted by Gasteiger charge is 1.98. The number of hydrogen-bond donors (Lipinski definition) is 2. The van der Waals surface area contributed by atoms with E-state index >= 15 is 0 Å². The molecule has 0 fully saturated rings. The number of rotatable bonds is 3. The predicted octanol–water partition coefficient (Wildman–Crippen LogP) is 1.61. The summed E-state index contributed by atoms with van der Waals surface area (Å²) in [6, 6.07) is 7.66. The Balaban J connectivity index is 1.99. The molecule has 0 aliphatic carbocycles. The molecule has 3 N–H and O–H groups in total. The van der Waals surface area contributed by atoms with Gasteiger partial charge in [0.05, 0.1) is 6.54 Å². The molecular formula is C11H14N4. The van der Waals surface area contributed by atoms with E-state index in [1.165, 1.54) is 0 Å². The van der Waals surface area contributed by atoms with Crippen LogP contribution in [0.3, 0.4) is 0 Å². The number of anilines is 2. The number of nitrogens with one attached hydrogen (secondary N) is 1. The van der Waals surface area contributed by atoms with Crippen molar-refractivity contribution < 1.29 is 0 Å². The van der Waals surface area contributed by atoms with E-state index in [0.29, 0.717) is 6.54 Å². The summed E-state index contributed by atoms with van der Waals surface area (Å²) in [5, 5.41) is 3.28. The summed E-state index contributed by atoms with van der Waals surface area (Å²) >= 11 is 0. The van der Waals surface area contributed by atoms with Gasteiger partial charge in [0, 0.05) is 30.8 Å². The normalized spacial score (nSPS) is 10.2. The molecule has 2 rings (SSSR count). The molecule has 0 saturated heterocycles. The molecule has 0 bridgehead atoms. The van der Waals surface area contributed by atoms with Crippen LogP contribution in [0.4, 0.5) is 11.4 Å². The SMILES string of the molecule is Cn1ccnc1CNc1ccc(N)cc1. The van der Waals surface area contributed by atoms with Crippen LogP contribution < -0.4 is 11.1 Å². The summed E-state index contributed by atoms with van der Waals surface area (Å²) < 4.78 is 1.99. The Morgan fingerprint density at radius 1 is 1.33 bits per heavy atom. The van der Waals surface area contributed by atoms with Crippen molar-refractivity contribution in [3.05, 3.63) is 42.5 Å². The van der Waals surface area contributed by atoms with Crippen molar-refractivity contribution >= 4 is 11.4 Å². The Hall–Kier alpha value is -1.97. The topological polar surface area (TPSA) is 55.9 Å². The maximum Gasteiger partial charge on any atom is 0.127 e. The molecule has 0 radical (unpaired) electrons. The first-order valence-corrected chi connectivity index (χ1v) is 4.81. The van der Waals surface area contributed by atoms with Gasteiger partial charge in [0.25, 0.3) is 0 Å². The van der Waals surface area contributed by atoms with Crippen LogP contribution in [0.2, 0.25) is 0 Å². The highest BCUT2D eigenvalue weighted by molar-refractivity contribution is 5.51. The Kier molecular flexibility index (Phi) is 2.58. The predicted molar refractivity (Wildman–Crippen MR) is 61.4 cm³/mol. The van der Waals surface area contributed by atoms with Crippen LogP contribution in [0.1, 0.15) is 5.82 Å². The first kappa shape index (κ1) is 9.58. The number of imidazole rings is 1. The molecule has 0 spiro atoms. The lowest BCUT2D eigenvalue weighted by molar-refractivity contribution is 0.813. The molecule has 1 heterocycles. The summed E-state index contributed by atoms with van der Waals surface area (Å²) in [7, 11) is 1.98. The minimum absolute atomic E-state index is 0.716. The molecule has 0 atom stereocenters. The van der Waals surface area contributed by atoms with E-state index in [1.54, 1.807) is 6.20 Å². The fourth-order valence-electron chi connectivity index (χ4n) is 1.35. The van der Waals surface area contributed by atoms with E-state index in [1.807, 2.05) is 42.1 Å². The van der Waals surface area contributed by atoms with Gasteiger partial charge in [-0.25, -0.2) is 4.98 Å². The van der Waals surface area contributed by atoms with E-state index in [-0.39, 0.29) is 0 Å². The zero-order valence-electron chi connectivity index (χ0n) is 8.64. The van der Waals surface area contributed by atoms with Crippen LogP contribution >= 0.6 is 0 Å². The summed E-state index contributed by atoms with van der Waals surface area (Å²) in [6.07, 6.45) is 3.72. The molecule has 78 valence electrons. The lowest BCUT2D eigenvalue weighted by Gasteiger charge is -2.06. The summed E-state index contributed by atoms with van der Waals surface area (Å²) in [6.45, 7) is 0.716. The molecule has 2 aromatic rings. The van der Waals surface area contributed by atoms with E-state index in [2.05, 4.69) is 10.3 Å². The van der Waals surface area contributed by atoms with Gasteiger partial charge in [-0.2, -0.15) is 0 Å². The fourth-order valence-corrected chi connectivity index (χ4v) is 1.35. The van der Waals surface area contributed by atoms with Crippen LogP contribution in [0.15, 0.2) is 36.7 Å². The first-order valence-electron chi connectivity index (χ1n) is 4.81. The third-order valence-corrected chi connectivity index (χ3v) is 2.28. The van der Waals surface area contributed by atoms with Gasteiger partial charge in [0.15, 0.2) is 0 Å². The smallest absolute Gasteiger partial charge is 0.127 e. The number of nitrogens with two attached hydrogens (primary N) is 1. The lowest BCUT2D eigenvalue weighted by atomic mass is 10.3. The molecule has 1 aromatic carbocycles. The molecule has 4 heteroatoms. The largest absolute Gasteiger partial charge is 0.399 e. The molecule has 0 unspecified atom stereocenters. The Morgan fingerprint density at radius 2 is 2.07 bits per heavy atom. The molecule has 15 heavy (non-hydrogen) atoms. The monoisotopic (exact) mass is 202 g/mol. The van der Waals surface area contributed by atoms with E-state index in [4.69, 9.17) is 5.73 Å². The van der Waals surface area contributed by atoms with Crippen molar-refractivity contribution in [2.24, 2.45) is 7.05 Å². The van der Waals surface area contributed by atoms with Gasteiger partial charge in [-0.1, -0.05) is 0 Å². The number of aromatic nitrogens is 2. The molecule has 1 aromatic heterocycles. The van der Waals surface area contributed by atoms with Gasteiger partial charge < -0.3 is 15.6 Å². The number of nitrogen functional groups attached to an aromatic ring is 1. The highest BCUT2D eigenvalue weighted by atomic mass is 15.1. The van der Waals surface area contributed by atoms with Gasteiger partial charge in [-0.3, -0.25) is 0 Å². The third-order valence-electron chi connectivity index (χ3n) is 2.28. The molecule has 0 saturated carbocycles. The minimum Gasteiger partial charge on any atom is -0.399 e. The van der Waals surface area contributed by atoms with Crippen LogP contribution in [0, 0.1) is 0 Å². The number of hydrogen-bond acceptors (Lipinski definition) is 3. The first-order chi connectivity index (χ1) is 7.25. The van der Waals surface area contributed by atoms with Crippen molar-refractivity contribution in [3.63, 3.8) is 0 Å². The summed E-state index contributed by atoms with van der Waals surface area (Å²) in [4.78, 5) is 4.22. The second-order valence-electron chi connectivity index (χ2n) is 3.43. The molecule has 0 aliphatic rings. The second kappa shape index (κ2) is 4.04. The average Bonchev–Trinajstić information content (AvgIpc) is 2.63. The van der Waals surface area contributed by atoms with E-state index in [9.17, 15) is 0 Å². The van der Waals surface area contributed by atoms with Gasteiger partial charge >= 0.3 is 0 Å². The molecular weight excluding hydrogens is 188 g/mol. The zero-order valence-corrected chi connectivity index (χ0v) is 8.64. The maximum atomic E-state index is 5.60. The lowest BCUT2D eigenvalue weighted by Crippen LogP contribution is -2.05. The van der Waals surface area contributed by atoms with Crippen molar-refractivity contribution in [1.82, 2.24) is 9.55 Å². The van der Waals surface area contributed by atoms with Gasteiger partial charge in [-0.15, -0.1) is 0 Å². The Bertz CT molecular complexity index is 430. The Labute approximate surface area is 88.7 Å². The van der Waals surface area contributed by atoms with E-state index < -0.39 is 0 Å². The van der Waals surface area contributed by atoms with Gasteiger partial charge in [0.1, 0.15) is 5.82 Å². The van der Waals surface area contributed by atoms with Crippen molar-refractivity contribution in [2.45, 2.75) is 6.54 Å². The van der Waals surface area contributed by atoms with Crippen molar-refractivity contribution in [3.8, 4) is 0 Å². The second-order valence-corrected chi connectivity index (χ2v) is 3.43. The highest BCUT2D eigenvalue weighted by Crippen LogP contribution is 2.11. The van der Waals surface area contributed by atoms with Crippen molar-refractivity contribution in [2.75, 3.05) is 11.1 Å². The number of nitrogens with zero attached hydrogens (tertiary/aromatic N) is 2. The minimum atomic E-state index is 0.716.